The van der Waals surface area contributed by atoms with E-state index in [1.807, 2.05) is 0 Å². The SMILES string of the molecule is C=CC[C@@H]1[C@H](O)[C@@H](COP(=O)(O)O)O[C@H]1n1ccc(=O)[nH]c1=O. The van der Waals surface area contributed by atoms with Crippen LogP contribution in [0, 0.1) is 5.92 Å². The monoisotopic (exact) mass is 348 g/mol. The number of rotatable bonds is 6. The molecule has 4 N–H and O–H groups in total. The fraction of sp³-hybridized carbons (Fsp3) is 0.500. The summed E-state index contributed by atoms with van der Waals surface area (Å²) >= 11 is 0. The van der Waals surface area contributed by atoms with Crippen molar-refractivity contribution in [3.63, 3.8) is 0 Å². The van der Waals surface area contributed by atoms with Gasteiger partial charge in [-0.25, -0.2) is 9.36 Å². The van der Waals surface area contributed by atoms with Crippen molar-refractivity contribution in [3.8, 4) is 0 Å². The molecule has 0 amide bonds. The first-order valence-electron chi connectivity index (χ1n) is 6.69. The standard InChI is InChI=1S/C12H17N2O8P/c1-2-3-7-10(16)8(6-21-23(18,19)20)22-11(7)14-5-4-9(15)13-12(14)17/h2,4-5,7-8,10-11,16H,1,3,6H2,(H,13,15,17)(H2,18,19,20)/t7-,8-,10+,11-/m1/s1. The van der Waals surface area contributed by atoms with Crippen molar-refractivity contribution in [2.24, 2.45) is 5.92 Å². The summed E-state index contributed by atoms with van der Waals surface area (Å²) in [4.78, 5) is 42.5. The van der Waals surface area contributed by atoms with E-state index in [-0.39, 0.29) is 6.42 Å². The number of ether oxygens (including phenoxy) is 1. The van der Waals surface area contributed by atoms with Crippen molar-refractivity contribution in [2.75, 3.05) is 6.61 Å². The molecule has 2 heterocycles. The minimum Gasteiger partial charge on any atom is -0.390 e. The van der Waals surface area contributed by atoms with E-state index in [4.69, 9.17) is 14.5 Å². The summed E-state index contributed by atoms with van der Waals surface area (Å²) in [6, 6.07) is 1.13. The Morgan fingerprint density at radius 3 is 2.74 bits per heavy atom. The van der Waals surface area contributed by atoms with Crippen LogP contribution in [-0.2, 0) is 13.8 Å². The zero-order valence-electron chi connectivity index (χ0n) is 11.9. The highest BCUT2D eigenvalue weighted by Crippen LogP contribution is 2.40. The van der Waals surface area contributed by atoms with E-state index >= 15 is 0 Å². The molecule has 1 aromatic rings. The maximum atomic E-state index is 11.9. The Hall–Kier alpha value is -1.55. The first-order valence-corrected chi connectivity index (χ1v) is 8.22. The lowest BCUT2D eigenvalue weighted by atomic mass is 9.96. The molecule has 1 aliphatic heterocycles. The number of nitrogens with one attached hydrogen (secondary N) is 1. The molecule has 4 atom stereocenters. The lowest BCUT2D eigenvalue weighted by Gasteiger charge is -2.20. The summed E-state index contributed by atoms with van der Waals surface area (Å²) in [5.74, 6) is -0.596. The van der Waals surface area contributed by atoms with Crippen molar-refractivity contribution in [1.82, 2.24) is 9.55 Å². The van der Waals surface area contributed by atoms with E-state index in [0.717, 1.165) is 10.6 Å². The van der Waals surface area contributed by atoms with Gasteiger partial charge in [-0.1, -0.05) is 6.08 Å². The highest BCUT2D eigenvalue weighted by molar-refractivity contribution is 7.46. The van der Waals surface area contributed by atoms with Gasteiger partial charge in [-0.15, -0.1) is 6.58 Å². The van der Waals surface area contributed by atoms with E-state index in [1.165, 1.54) is 12.3 Å². The predicted molar refractivity (Wildman–Crippen MR) is 77.5 cm³/mol. The molecule has 128 valence electrons. The summed E-state index contributed by atoms with van der Waals surface area (Å²) in [6.45, 7) is 3.02. The van der Waals surface area contributed by atoms with Gasteiger partial charge in [0, 0.05) is 18.2 Å². The first kappa shape index (κ1) is 17.8. The lowest BCUT2D eigenvalue weighted by molar-refractivity contribution is -0.0472. The number of hydrogen-bond acceptors (Lipinski definition) is 6. The second-order valence-electron chi connectivity index (χ2n) is 5.05. The second-order valence-corrected chi connectivity index (χ2v) is 6.29. The normalized spacial score (nSPS) is 28.0. The van der Waals surface area contributed by atoms with Crippen molar-refractivity contribution < 1.29 is 28.7 Å². The van der Waals surface area contributed by atoms with Crippen LogP contribution in [0.1, 0.15) is 12.6 Å². The molecule has 1 aromatic heterocycles. The fourth-order valence-electron chi connectivity index (χ4n) is 2.46. The van der Waals surface area contributed by atoms with Crippen LogP contribution in [0.2, 0.25) is 0 Å². The van der Waals surface area contributed by atoms with Crippen LogP contribution in [0.25, 0.3) is 0 Å². The molecule has 10 nitrogen and oxygen atoms in total. The van der Waals surface area contributed by atoms with Crippen LogP contribution in [0.3, 0.4) is 0 Å². The minimum atomic E-state index is -4.71. The maximum Gasteiger partial charge on any atom is 0.469 e. The number of aromatic nitrogens is 2. The molecule has 0 saturated carbocycles. The molecule has 0 aliphatic carbocycles. The Morgan fingerprint density at radius 2 is 2.17 bits per heavy atom. The van der Waals surface area contributed by atoms with Gasteiger partial charge in [0.15, 0.2) is 0 Å². The van der Waals surface area contributed by atoms with Gasteiger partial charge >= 0.3 is 13.5 Å². The van der Waals surface area contributed by atoms with Crippen molar-refractivity contribution in [2.45, 2.75) is 24.9 Å². The quantitative estimate of drug-likeness (QED) is 0.381. The summed E-state index contributed by atoms with van der Waals surface area (Å²) in [5.41, 5.74) is -1.30. The van der Waals surface area contributed by atoms with Gasteiger partial charge in [0.25, 0.3) is 5.56 Å². The molecule has 0 radical (unpaired) electrons. The summed E-state index contributed by atoms with van der Waals surface area (Å²) < 4.78 is 21.7. The molecular formula is C12H17N2O8P. The number of hydrogen-bond donors (Lipinski definition) is 4. The third-order valence-electron chi connectivity index (χ3n) is 3.47. The Morgan fingerprint density at radius 1 is 1.48 bits per heavy atom. The molecule has 1 aliphatic rings. The van der Waals surface area contributed by atoms with Crippen molar-refractivity contribution >= 4 is 7.82 Å². The summed E-state index contributed by atoms with van der Waals surface area (Å²) in [6.07, 6.45) is -0.0878. The van der Waals surface area contributed by atoms with Crippen LogP contribution < -0.4 is 11.2 Å². The largest absolute Gasteiger partial charge is 0.469 e. The predicted octanol–water partition coefficient (Wildman–Crippen LogP) is -0.904. The Kier molecular flexibility index (Phi) is 5.35. The molecule has 0 aromatic carbocycles. The van der Waals surface area contributed by atoms with E-state index in [0.29, 0.717) is 0 Å². The van der Waals surface area contributed by atoms with Crippen LogP contribution in [0.4, 0.5) is 0 Å². The summed E-state index contributed by atoms with van der Waals surface area (Å²) in [5, 5.41) is 10.3. The van der Waals surface area contributed by atoms with E-state index < -0.39 is 50.0 Å². The number of H-pyrrole nitrogens is 1. The molecule has 0 unspecified atom stereocenters. The van der Waals surface area contributed by atoms with E-state index in [2.05, 4.69) is 16.1 Å². The third-order valence-corrected chi connectivity index (χ3v) is 3.96. The van der Waals surface area contributed by atoms with Gasteiger partial charge in [0.2, 0.25) is 0 Å². The minimum absolute atomic E-state index is 0.282. The van der Waals surface area contributed by atoms with Gasteiger partial charge in [-0.05, 0) is 6.42 Å². The van der Waals surface area contributed by atoms with Crippen LogP contribution in [0.5, 0.6) is 0 Å². The van der Waals surface area contributed by atoms with Gasteiger partial charge in [0.1, 0.15) is 12.3 Å². The molecule has 0 bridgehead atoms. The molecule has 23 heavy (non-hydrogen) atoms. The van der Waals surface area contributed by atoms with Gasteiger partial charge in [-0.3, -0.25) is 18.9 Å². The fourth-order valence-corrected chi connectivity index (χ4v) is 2.80. The summed E-state index contributed by atoms with van der Waals surface area (Å²) in [7, 11) is -4.71. The van der Waals surface area contributed by atoms with E-state index in [9.17, 15) is 19.3 Å². The van der Waals surface area contributed by atoms with Gasteiger partial charge in [0.05, 0.1) is 12.7 Å². The Labute approximate surface area is 130 Å². The zero-order valence-corrected chi connectivity index (χ0v) is 12.8. The Bertz CT molecular complexity index is 722. The van der Waals surface area contributed by atoms with Gasteiger partial charge < -0.3 is 19.6 Å². The van der Waals surface area contributed by atoms with Crippen LogP contribution in [-0.4, -0.2) is 43.3 Å². The topological polar surface area (TPSA) is 151 Å². The highest BCUT2D eigenvalue weighted by atomic mass is 31.2. The van der Waals surface area contributed by atoms with Crippen molar-refractivity contribution in [3.05, 3.63) is 45.8 Å². The maximum absolute atomic E-state index is 11.9. The van der Waals surface area contributed by atoms with Gasteiger partial charge in [-0.2, -0.15) is 0 Å². The number of allylic oxidation sites excluding steroid dienone is 1. The smallest absolute Gasteiger partial charge is 0.390 e. The third kappa shape index (κ3) is 4.25. The van der Waals surface area contributed by atoms with Crippen LogP contribution >= 0.6 is 7.82 Å². The molecule has 0 spiro atoms. The number of aliphatic hydroxyl groups is 1. The second kappa shape index (κ2) is 6.91. The molecule has 1 fully saturated rings. The van der Waals surface area contributed by atoms with E-state index in [1.54, 1.807) is 0 Å². The molecular weight excluding hydrogens is 331 g/mol. The molecule has 1 saturated heterocycles. The zero-order chi connectivity index (χ0) is 17.2. The molecule has 11 heteroatoms. The average molecular weight is 348 g/mol. The number of aliphatic hydroxyl groups excluding tert-OH is 1. The average Bonchev–Trinajstić information content (AvgIpc) is 2.74. The lowest BCUT2D eigenvalue weighted by Crippen LogP contribution is -2.34. The number of nitrogens with zero attached hydrogens (tertiary/aromatic N) is 1. The van der Waals surface area contributed by atoms with Crippen molar-refractivity contribution in [1.29, 1.82) is 0 Å². The highest BCUT2D eigenvalue weighted by Gasteiger charge is 2.44. The number of aromatic amines is 1. The Balaban J connectivity index is 2.27. The number of phosphoric ester groups is 1. The molecule has 2 rings (SSSR count). The first-order chi connectivity index (χ1) is 10.7. The van der Waals surface area contributed by atoms with Crippen LogP contribution in [0.15, 0.2) is 34.5 Å². The number of phosphoric acid groups is 1.